The van der Waals surface area contributed by atoms with E-state index in [-0.39, 0.29) is 0 Å². The predicted octanol–water partition coefficient (Wildman–Crippen LogP) is 0.786. The van der Waals surface area contributed by atoms with E-state index >= 15 is 0 Å². The van der Waals surface area contributed by atoms with E-state index in [4.69, 9.17) is 4.84 Å². The molecule has 2 aliphatic rings. The van der Waals surface area contributed by atoms with Gasteiger partial charge in [-0.05, 0) is 19.3 Å². The molecule has 0 aromatic carbocycles. The molecule has 0 amide bonds. The van der Waals surface area contributed by atoms with Gasteiger partial charge >= 0.3 is 0 Å². The van der Waals surface area contributed by atoms with E-state index in [0.29, 0.717) is 5.60 Å². The fourth-order valence-electron chi connectivity index (χ4n) is 1.26. The zero-order valence-electron chi connectivity index (χ0n) is 5.18. The Bertz CT molecular complexity index is 109. The third-order valence-corrected chi connectivity index (χ3v) is 2.04. The summed E-state index contributed by atoms with van der Waals surface area (Å²) in [6.07, 6.45) is 3.83. The van der Waals surface area contributed by atoms with Crippen molar-refractivity contribution in [2.24, 2.45) is 0 Å². The molecule has 2 rings (SSSR count). The molecule has 0 unspecified atom stereocenters. The lowest BCUT2D eigenvalue weighted by Crippen LogP contribution is -2.13. The summed E-state index contributed by atoms with van der Waals surface area (Å²) in [7, 11) is 2.01. The van der Waals surface area contributed by atoms with Crippen LogP contribution >= 0.6 is 0 Å². The predicted molar refractivity (Wildman–Crippen MR) is 30.3 cm³/mol. The van der Waals surface area contributed by atoms with Crippen LogP contribution in [0, 0.1) is 0 Å². The van der Waals surface area contributed by atoms with Gasteiger partial charge in [0.05, 0.1) is 5.60 Å². The number of hydroxylamine groups is 2. The van der Waals surface area contributed by atoms with Gasteiger partial charge in [0, 0.05) is 13.6 Å². The van der Waals surface area contributed by atoms with Crippen molar-refractivity contribution in [1.82, 2.24) is 5.06 Å². The van der Waals surface area contributed by atoms with E-state index in [2.05, 4.69) is 0 Å². The highest BCUT2D eigenvalue weighted by Crippen LogP contribution is 2.46. The first-order chi connectivity index (χ1) is 3.81. The minimum Gasteiger partial charge on any atom is -0.293 e. The summed E-state index contributed by atoms with van der Waals surface area (Å²) in [6.45, 7) is 1.12. The summed E-state index contributed by atoms with van der Waals surface area (Å²) >= 11 is 0. The molecule has 0 bridgehead atoms. The van der Waals surface area contributed by atoms with Crippen LogP contribution in [-0.4, -0.2) is 24.3 Å². The first kappa shape index (κ1) is 4.77. The molecule has 1 heterocycles. The van der Waals surface area contributed by atoms with Crippen LogP contribution in [0.5, 0.6) is 0 Å². The highest BCUT2D eigenvalue weighted by atomic mass is 16.7. The van der Waals surface area contributed by atoms with Gasteiger partial charge in [-0.15, -0.1) is 0 Å². The van der Waals surface area contributed by atoms with Crippen molar-refractivity contribution in [2.75, 3.05) is 13.6 Å². The Morgan fingerprint density at radius 3 is 2.38 bits per heavy atom. The molecule has 0 aromatic heterocycles. The molecule has 1 saturated heterocycles. The molecular formula is C6H11NO. The summed E-state index contributed by atoms with van der Waals surface area (Å²) < 4.78 is 0. The summed E-state index contributed by atoms with van der Waals surface area (Å²) in [4.78, 5) is 5.49. The van der Waals surface area contributed by atoms with E-state index < -0.39 is 0 Å². The largest absolute Gasteiger partial charge is 0.293 e. The van der Waals surface area contributed by atoms with Crippen LogP contribution in [0.4, 0.5) is 0 Å². The van der Waals surface area contributed by atoms with Gasteiger partial charge in [0.15, 0.2) is 0 Å². The molecule has 2 nitrogen and oxygen atoms in total. The lowest BCUT2D eigenvalue weighted by atomic mass is 10.2. The van der Waals surface area contributed by atoms with Gasteiger partial charge in [0.25, 0.3) is 0 Å². The lowest BCUT2D eigenvalue weighted by molar-refractivity contribution is -0.138. The fraction of sp³-hybridized carbons (Fsp3) is 1.00. The van der Waals surface area contributed by atoms with Crippen molar-refractivity contribution in [3.05, 3.63) is 0 Å². The Balaban J connectivity index is 2.03. The van der Waals surface area contributed by atoms with Gasteiger partial charge in [-0.3, -0.25) is 4.84 Å². The maximum Gasteiger partial charge on any atom is 0.0914 e. The molecule has 8 heavy (non-hydrogen) atoms. The van der Waals surface area contributed by atoms with Crippen LogP contribution in [0.1, 0.15) is 19.3 Å². The van der Waals surface area contributed by atoms with Gasteiger partial charge in [-0.1, -0.05) is 0 Å². The standard InChI is InChI=1S/C6H11NO/c1-7-5-4-6(8-7)2-3-6/h2-5H2,1H3. The fourth-order valence-corrected chi connectivity index (χ4v) is 1.26. The van der Waals surface area contributed by atoms with Crippen LogP contribution < -0.4 is 0 Å². The van der Waals surface area contributed by atoms with Crippen LogP contribution in [-0.2, 0) is 4.84 Å². The first-order valence-electron chi connectivity index (χ1n) is 3.21. The summed E-state index contributed by atoms with van der Waals surface area (Å²) in [5.41, 5.74) is 0.342. The molecule has 2 heteroatoms. The monoisotopic (exact) mass is 113 g/mol. The number of hydrogen-bond acceptors (Lipinski definition) is 2. The SMILES string of the molecule is CN1CCC2(CC2)O1. The molecule has 2 fully saturated rings. The molecule has 0 aromatic rings. The van der Waals surface area contributed by atoms with Crippen molar-refractivity contribution in [1.29, 1.82) is 0 Å². The smallest absolute Gasteiger partial charge is 0.0914 e. The Morgan fingerprint density at radius 2 is 2.12 bits per heavy atom. The second kappa shape index (κ2) is 1.25. The van der Waals surface area contributed by atoms with Gasteiger partial charge < -0.3 is 0 Å². The van der Waals surface area contributed by atoms with E-state index in [1.165, 1.54) is 19.3 Å². The topological polar surface area (TPSA) is 12.5 Å². The van der Waals surface area contributed by atoms with Crippen molar-refractivity contribution < 1.29 is 4.84 Å². The maximum absolute atomic E-state index is 5.49. The molecule has 1 aliphatic heterocycles. The highest BCUT2D eigenvalue weighted by molar-refractivity contribution is 4.97. The lowest BCUT2D eigenvalue weighted by Gasteiger charge is -2.07. The Labute approximate surface area is 49.4 Å². The summed E-state index contributed by atoms with van der Waals surface area (Å²) in [6, 6.07) is 0. The molecule has 0 radical (unpaired) electrons. The zero-order valence-corrected chi connectivity index (χ0v) is 5.18. The zero-order chi connectivity index (χ0) is 5.61. The van der Waals surface area contributed by atoms with E-state index in [1.807, 2.05) is 12.1 Å². The highest BCUT2D eigenvalue weighted by Gasteiger charge is 2.49. The third-order valence-electron chi connectivity index (χ3n) is 2.04. The minimum absolute atomic E-state index is 0.342. The van der Waals surface area contributed by atoms with Crippen LogP contribution in [0.3, 0.4) is 0 Å². The van der Waals surface area contributed by atoms with E-state index in [9.17, 15) is 0 Å². The van der Waals surface area contributed by atoms with Gasteiger partial charge in [-0.2, -0.15) is 5.06 Å². The number of nitrogens with zero attached hydrogens (tertiary/aromatic N) is 1. The van der Waals surface area contributed by atoms with E-state index in [0.717, 1.165) is 6.54 Å². The Morgan fingerprint density at radius 1 is 1.38 bits per heavy atom. The molecule has 0 atom stereocenters. The van der Waals surface area contributed by atoms with Gasteiger partial charge in [-0.25, -0.2) is 0 Å². The average Bonchev–Trinajstić information content (AvgIpc) is 2.34. The molecule has 1 aliphatic carbocycles. The maximum atomic E-state index is 5.49. The minimum atomic E-state index is 0.342. The van der Waals surface area contributed by atoms with Crippen molar-refractivity contribution in [3.63, 3.8) is 0 Å². The first-order valence-corrected chi connectivity index (χ1v) is 3.21. The van der Waals surface area contributed by atoms with Gasteiger partial charge in [0.2, 0.25) is 0 Å². The summed E-state index contributed by atoms with van der Waals surface area (Å²) in [5, 5.41) is 1.95. The third kappa shape index (κ3) is 0.565. The molecule has 1 spiro atoms. The second-order valence-electron chi connectivity index (χ2n) is 2.88. The molecule has 0 N–H and O–H groups in total. The van der Waals surface area contributed by atoms with Gasteiger partial charge in [0.1, 0.15) is 0 Å². The van der Waals surface area contributed by atoms with Crippen molar-refractivity contribution in [2.45, 2.75) is 24.9 Å². The Hall–Kier alpha value is -0.0800. The molecule has 46 valence electrons. The normalized spacial score (nSPS) is 34.1. The Kier molecular flexibility index (Phi) is 0.746. The van der Waals surface area contributed by atoms with Crippen molar-refractivity contribution >= 4 is 0 Å². The average molecular weight is 113 g/mol. The number of hydrogen-bond donors (Lipinski definition) is 0. The van der Waals surface area contributed by atoms with E-state index in [1.54, 1.807) is 0 Å². The quantitative estimate of drug-likeness (QED) is 0.460. The summed E-state index contributed by atoms with van der Waals surface area (Å²) in [5.74, 6) is 0. The van der Waals surface area contributed by atoms with Crippen LogP contribution in [0.25, 0.3) is 0 Å². The second-order valence-corrected chi connectivity index (χ2v) is 2.88. The number of rotatable bonds is 0. The van der Waals surface area contributed by atoms with Crippen molar-refractivity contribution in [3.8, 4) is 0 Å². The van der Waals surface area contributed by atoms with Crippen LogP contribution in [0.15, 0.2) is 0 Å². The molecule has 1 saturated carbocycles. The molecular weight excluding hydrogens is 102 g/mol. The van der Waals surface area contributed by atoms with Crippen LogP contribution in [0.2, 0.25) is 0 Å².